The van der Waals surface area contributed by atoms with E-state index in [1.165, 1.54) is 25.7 Å². The van der Waals surface area contributed by atoms with Crippen molar-refractivity contribution in [1.82, 2.24) is 4.90 Å². The van der Waals surface area contributed by atoms with E-state index in [1.54, 1.807) is 4.90 Å². The Morgan fingerprint density at radius 1 is 1.14 bits per heavy atom. The molecule has 4 rings (SSSR count). The van der Waals surface area contributed by atoms with Gasteiger partial charge < -0.3 is 19.9 Å². The van der Waals surface area contributed by atoms with Gasteiger partial charge in [0.1, 0.15) is 0 Å². The van der Waals surface area contributed by atoms with Gasteiger partial charge in [0.25, 0.3) is 0 Å². The van der Waals surface area contributed by atoms with E-state index in [0.717, 1.165) is 49.5 Å². The number of morpholine rings is 1. The van der Waals surface area contributed by atoms with Gasteiger partial charge in [0.2, 0.25) is 11.8 Å². The van der Waals surface area contributed by atoms with Gasteiger partial charge in [0.15, 0.2) is 0 Å². The van der Waals surface area contributed by atoms with Crippen molar-refractivity contribution in [3.63, 3.8) is 0 Å². The van der Waals surface area contributed by atoms with Crippen LogP contribution in [-0.4, -0.2) is 56.1 Å². The Hall–Kier alpha value is -2.08. The van der Waals surface area contributed by atoms with E-state index in [9.17, 15) is 9.59 Å². The van der Waals surface area contributed by atoms with Crippen LogP contribution in [0.3, 0.4) is 0 Å². The van der Waals surface area contributed by atoms with E-state index in [-0.39, 0.29) is 18.4 Å². The molecule has 1 N–H and O–H groups in total. The minimum Gasteiger partial charge on any atom is -0.378 e. The molecule has 0 spiro atoms. The normalized spacial score (nSPS) is 25.8. The predicted octanol–water partition coefficient (Wildman–Crippen LogP) is 3.14. The summed E-state index contributed by atoms with van der Waals surface area (Å²) in [6.07, 6.45) is 5.76. The van der Waals surface area contributed by atoms with Gasteiger partial charge in [-0.15, -0.1) is 0 Å². The molecular weight excluding hydrogens is 366 g/mol. The second-order valence-electron chi connectivity index (χ2n) is 8.74. The number of nitrogens with one attached hydrogen (secondary N) is 1. The Kier molecular flexibility index (Phi) is 6.38. The van der Waals surface area contributed by atoms with Gasteiger partial charge in [0, 0.05) is 37.4 Å². The molecule has 3 atom stereocenters. The highest BCUT2D eigenvalue weighted by Gasteiger charge is 2.40. The van der Waals surface area contributed by atoms with Crippen LogP contribution in [0.1, 0.15) is 39.0 Å². The average Bonchev–Trinajstić information content (AvgIpc) is 3.36. The van der Waals surface area contributed by atoms with Gasteiger partial charge in [-0.05, 0) is 68.2 Å². The lowest BCUT2D eigenvalue weighted by molar-refractivity contribution is -0.135. The van der Waals surface area contributed by atoms with Crippen molar-refractivity contribution in [2.24, 2.45) is 17.8 Å². The maximum absolute atomic E-state index is 12.7. The summed E-state index contributed by atoms with van der Waals surface area (Å²) in [6.45, 7) is 5.93. The first kappa shape index (κ1) is 20.2. The zero-order chi connectivity index (χ0) is 20.2. The number of anilines is 2. The highest BCUT2D eigenvalue weighted by Crippen LogP contribution is 2.49. The molecule has 2 saturated carbocycles. The molecule has 158 valence electrons. The fraction of sp³-hybridized carbons (Fsp3) is 0.652. The molecule has 3 unspecified atom stereocenters. The van der Waals surface area contributed by atoms with Crippen LogP contribution in [0.5, 0.6) is 0 Å². The van der Waals surface area contributed by atoms with E-state index in [1.807, 2.05) is 31.2 Å². The minimum absolute atomic E-state index is 0.126. The maximum atomic E-state index is 12.7. The molecule has 1 heterocycles. The lowest BCUT2D eigenvalue weighted by Gasteiger charge is -2.29. The first-order valence-corrected chi connectivity index (χ1v) is 11.1. The number of rotatable bonds is 7. The van der Waals surface area contributed by atoms with Crippen LogP contribution in [0, 0.1) is 17.8 Å². The number of benzene rings is 1. The molecular formula is C23H33N3O3. The summed E-state index contributed by atoms with van der Waals surface area (Å²) in [4.78, 5) is 29.2. The van der Waals surface area contributed by atoms with Gasteiger partial charge in [-0.3, -0.25) is 9.59 Å². The first-order valence-electron chi connectivity index (χ1n) is 11.1. The largest absolute Gasteiger partial charge is 0.378 e. The third kappa shape index (κ3) is 4.92. The second-order valence-corrected chi connectivity index (χ2v) is 8.74. The highest BCUT2D eigenvalue weighted by molar-refractivity contribution is 5.94. The lowest BCUT2D eigenvalue weighted by Crippen LogP contribution is -2.39. The molecule has 2 amide bonds. The SMILES string of the molecule is CCN(CC(=O)Nc1ccc(N2CCOCC2)cc1)C(=O)CC1CC2CCC1C2. The van der Waals surface area contributed by atoms with Crippen LogP contribution < -0.4 is 10.2 Å². The molecule has 0 radical (unpaired) electrons. The zero-order valence-corrected chi connectivity index (χ0v) is 17.4. The van der Waals surface area contributed by atoms with Crippen LogP contribution in [0.15, 0.2) is 24.3 Å². The highest BCUT2D eigenvalue weighted by atomic mass is 16.5. The topological polar surface area (TPSA) is 61.9 Å². The van der Waals surface area contributed by atoms with Crippen molar-refractivity contribution in [3.8, 4) is 0 Å². The summed E-state index contributed by atoms with van der Waals surface area (Å²) >= 11 is 0. The number of hydrogen-bond donors (Lipinski definition) is 1. The van der Waals surface area contributed by atoms with E-state index >= 15 is 0 Å². The predicted molar refractivity (Wildman–Crippen MR) is 114 cm³/mol. The molecule has 1 aliphatic heterocycles. The van der Waals surface area contributed by atoms with Gasteiger partial charge in [-0.2, -0.15) is 0 Å². The quantitative estimate of drug-likeness (QED) is 0.765. The van der Waals surface area contributed by atoms with Gasteiger partial charge in [0.05, 0.1) is 19.8 Å². The lowest BCUT2D eigenvalue weighted by atomic mass is 9.86. The van der Waals surface area contributed by atoms with Crippen molar-refractivity contribution in [2.45, 2.75) is 39.0 Å². The zero-order valence-electron chi connectivity index (χ0n) is 17.4. The van der Waals surface area contributed by atoms with Crippen LogP contribution in [0.2, 0.25) is 0 Å². The number of hydrogen-bond acceptors (Lipinski definition) is 4. The summed E-state index contributed by atoms with van der Waals surface area (Å²) < 4.78 is 5.39. The van der Waals surface area contributed by atoms with Crippen molar-refractivity contribution in [2.75, 3.05) is 49.6 Å². The standard InChI is InChI=1S/C23H33N3O3/c1-2-25(23(28)15-19-14-17-3-4-18(19)13-17)16-22(27)24-20-5-7-21(8-6-20)26-9-11-29-12-10-26/h5-8,17-19H,2-4,9-16H2,1H3,(H,24,27). The van der Waals surface area contributed by atoms with Crippen molar-refractivity contribution >= 4 is 23.2 Å². The summed E-state index contributed by atoms with van der Waals surface area (Å²) in [7, 11) is 0. The van der Waals surface area contributed by atoms with Crippen LogP contribution in [0.25, 0.3) is 0 Å². The average molecular weight is 400 g/mol. The molecule has 0 aromatic heterocycles. The number of carbonyl (C=O) groups excluding carboxylic acids is 2. The summed E-state index contributed by atoms with van der Waals surface area (Å²) in [5, 5.41) is 2.94. The van der Waals surface area contributed by atoms with Gasteiger partial charge >= 0.3 is 0 Å². The first-order chi connectivity index (χ1) is 14.1. The molecule has 1 aromatic rings. The molecule has 29 heavy (non-hydrogen) atoms. The van der Waals surface area contributed by atoms with Crippen molar-refractivity contribution in [1.29, 1.82) is 0 Å². The van der Waals surface area contributed by atoms with Crippen LogP contribution >= 0.6 is 0 Å². The van der Waals surface area contributed by atoms with Gasteiger partial charge in [-0.25, -0.2) is 0 Å². The summed E-state index contributed by atoms with van der Waals surface area (Å²) in [5.41, 5.74) is 1.91. The molecule has 2 bridgehead atoms. The molecule has 2 aliphatic carbocycles. The Bertz CT molecular complexity index is 715. The molecule has 3 fully saturated rings. The monoisotopic (exact) mass is 399 g/mol. The van der Waals surface area contributed by atoms with E-state index in [4.69, 9.17) is 4.74 Å². The number of likely N-dealkylation sites (N-methyl/N-ethyl adjacent to an activating group) is 1. The second kappa shape index (κ2) is 9.16. The van der Waals surface area contributed by atoms with E-state index < -0.39 is 0 Å². The molecule has 3 aliphatic rings. The summed E-state index contributed by atoms with van der Waals surface area (Å²) in [6, 6.07) is 7.91. The fourth-order valence-electron chi connectivity index (χ4n) is 5.31. The fourth-order valence-corrected chi connectivity index (χ4v) is 5.31. The number of ether oxygens (including phenoxy) is 1. The Morgan fingerprint density at radius 3 is 2.52 bits per heavy atom. The molecule has 1 aromatic carbocycles. The van der Waals surface area contributed by atoms with E-state index in [2.05, 4.69) is 10.2 Å². The molecule has 6 heteroatoms. The number of nitrogens with zero attached hydrogens (tertiary/aromatic N) is 2. The number of fused-ring (bicyclic) bond motifs is 2. The third-order valence-corrected chi connectivity index (χ3v) is 6.92. The number of carbonyl (C=O) groups is 2. The van der Waals surface area contributed by atoms with Crippen LogP contribution in [0.4, 0.5) is 11.4 Å². The molecule has 6 nitrogen and oxygen atoms in total. The third-order valence-electron chi connectivity index (χ3n) is 6.92. The Morgan fingerprint density at radius 2 is 1.90 bits per heavy atom. The minimum atomic E-state index is -0.132. The molecule has 1 saturated heterocycles. The number of amides is 2. The Labute approximate surface area is 173 Å². The van der Waals surface area contributed by atoms with Crippen LogP contribution in [-0.2, 0) is 14.3 Å². The van der Waals surface area contributed by atoms with Crippen molar-refractivity contribution in [3.05, 3.63) is 24.3 Å². The maximum Gasteiger partial charge on any atom is 0.243 e. The van der Waals surface area contributed by atoms with Gasteiger partial charge in [-0.1, -0.05) is 6.42 Å². The van der Waals surface area contributed by atoms with Crippen molar-refractivity contribution < 1.29 is 14.3 Å². The Balaban J connectivity index is 1.26. The summed E-state index contributed by atoms with van der Waals surface area (Å²) in [5.74, 6) is 2.11. The smallest absolute Gasteiger partial charge is 0.243 e. The van der Waals surface area contributed by atoms with E-state index in [0.29, 0.717) is 18.9 Å².